The van der Waals surface area contributed by atoms with Crippen molar-refractivity contribution >= 4 is 0 Å². The van der Waals surface area contributed by atoms with Crippen molar-refractivity contribution in [2.24, 2.45) is 0 Å². The number of rotatable bonds is 8. The van der Waals surface area contributed by atoms with Gasteiger partial charge in [-0.25, -0.2) is 0 Å². The van der Waals surface area contributed by atoms with E-state index in [4.69, 9.17) is 9.47 Å². The Morgan fingerprint density at radius 1 is 1.21 bits per heavy atom. The second-order valence-electron chi connectivity index (χ2n) is 5.98. The molecule has 1 aromatic heterocycles. The first-order valence-corrected chi connectivity index (χ1v) is 8.57. The van der Waals surface area contributed by atoms with Crippen LogP contribution in [0.5, 0.6) is 11.5 Å². The topological polar surface area (TPSA) is 70.6 Å². The Bertz CT molecular complexity index is 657. The van der Waals surface area contributed by atoms with Crippen LogP contribution >= 0.6 is 0 Å². The van der Waals surface area contributed by atoms with E-state index in [0.717, 1.165) is 54.3 Å². The van der Waals surface area contributed by atoms with E-state index in [1.54, 1.807) is 0 Å². The summed E-state index contributed by atoms with van der Waals surface area (Å²) in [5.41, 5.74) is 3.15. The number of H-pyrrole nitrogens is 1. The summed E-state index contributed by atoms with van der Waals surface area (Å²) in [6.07, 6.45) is 4.13. The summed E-state index contributed by atoms with van der Waals surface area (Å²) in [6.45, 7) is 5.93. The van der Waals surface area contributed by atoms with Crippen molar-refractivity contribution in [2.75, 3.05) is 32.9 Å². The molecule has 1 aliphatic heterocycles. The molecule has 2 aromatic rings. The number of ether oxygens (including phenoxy) is 2. The third kappa shape index (κ3) is 3.88. The average Bonchev–Trinajstić information content (AvgIpc) is 3.07. The Balaban J connectivity index is 1.79. The zero-order valence-electron chi connectivity index (χ0n) is 14.1. The number of hydrogen-bond donors (Lipinski definition) is 2. The number of benzene rings is 1. The SMILES string of the molecule is CCCCN(CCO)Cc1cn[nH]c1-c1ccc2c(c1)OCCO2. The largest absolute Gasteiger partial charge is 0.486 e. The molecule has 0 saturated carbocycles. The molecule has 0 radical (unpaired) electrons. The molecule has 2 N–H and O–H groups in total. The molecular formula is C18H25N3O3. The van der Waals surface area contributed by atoms with E-state index >= 15 is 0 Å². The summed E-state index contributed by atoms with van der Waals surface area (Å²) < 4.78 is 11.3. The summed E-state index contributed by atoms with van der Waals surface area (Å²) >= 11 is 0. The molecule has 0 spiro atoms. The van der Waals surface area contributed by atoms with Gasteiger partial charge >= 0.3 is 0 Å². The van der Waals surface area contributed by atoms with Gasteiger partial charge in [0.15, 0.2) is 11.5 Å². The van der Waals surface area contributed by atoms with Crippen molar-refractivity contribution in [3.05, 3.63) is 30.0 Å². The van der Waals surface area contributed by atoms with Gasteiger partial charge in [-0.1, -0.05) is 13.3 Å². The van der Waals surface area contributed by atoms with Crippen LogP contribution in [-0.2, 0) is 6.54 Å². The molecule has 2 heterocycles. The first-order chi connectivity index (χ1) is 11.8. The second-order valence-corrected chi connectivity index (χ2v) is 5.98. The fourth-order valence-corrected chi connectivity index (χ4v) is 2.91. The summed E-state index contributed by atoms with van der Waals surface area (Å²) in [7, 11) is 0. The number of aliphatic hydroxyl groups is 1. The Labute approximate surface area is 142 Å². The van der Waals surface area contributed by atoms with Crippen molar-refractivity contribution in [3.63, 3.8) is 0 Å². The Hall–Kier alpha value is -2.05. The van der Waals surface area contributed by atoms with Crippen molar-refractivity contribution in [1.82, 2.24) is 15.1 Å². The van der Waals surface area contributed by atoms with Crippen molar-refractivity contribution in [3.8, 4) is 22.8 Å². The fourth-order valence-electron chi connectivity index (χ4n) is 2.91. The minimum absolute atomic E-state index is 0.168. The molecule has 0 fully saturated rings. The minimum Gasteiger partial charge on any atom is -0.486 e. The molecule has 24 heavy (non-hydrogen) atoms. The minimum atomic E-state index is 0.168. The lowest BCUT2D eigenvalue weighted by Gasteiger charge is -2.21. The zero-order valence-corrected chi connectivity index (χ0v) is 14.1. The van der Waals surface area contributed by atoms with Crippen LogP contribution < -0.4 is 9.47 Å². The Kier molecular flexibility index (Phi) is 5.72. The number of nitrogens with one attached hydrogen (secondary N) is 1. The van der Waals surface area contributed by atoms with Gasteiger partial charge in [-0.15, -0.1) is 0 Å². The summed E-state index contributed by atoms with van der Waals surface area (Å²) in [6, 6.07) is 5.96. The Morgan fingerprint density at radius 3 is 2.83 bits per heavy atom. The predicted molar refractivity (Wildman–Crippen MR) is 92.3 cm³/mol. The summed E-state index contributed by atoms with van der Waals surface area (Å²) in [5.74, 6) is 1.56. The monoisotopic (exact) mass is 331 g/mol. The van der Waals surface area contributed by atoms with E-state index < -0.39 is 0 Å². The van der Waals surface area contributed by atoms with E-state index in [1.807, 2.05) is 24.4 Å². The molecular weight excluding hydrogens is 306 g/mol. The number of unbranched alkanes of at least 4 members (excludes halogenated alkanes) is 1. The van der Waals surface area contributed by atoms with Crippen LogP contribution in [0.25, 0.3) is 11.3 Å². The van der Waals surface area contributed by atoms with Crippen molar-refractivity contribution in [2.45, 2.75) is 26.3 Å². The molecule has 0 unspecified atom stereocenters. The van der Waals surface area contributed by atoms with E-state index in [2.05, 4.69) is 22.0 Å². The van der Waals surface area contributed by atoms with E-state index in [0.29, 0.717) is 19.8 Å². The highest BCUT2D eigenvalue weighted by atomic mass is 16.6. The molecule has 6 heteroatoms. The first-order valence-electron chi connectivity index (χ1n) is 8.57. The number of aromatic nitrogens is 2. The molecule has 1 aromatic carbocycles. The molecule has 0 aliphatic carbocycles. The van der Waals surface area contributed by atoms with Gasteiger partial charge in [0.2, 0.25) is 0 Å². The van der Waals surface area contributed by atoms with Crippen molar-refractivity contribution in [1.29, 1.82) is 0 Å². The highest BCUT2D eigenvalue weighted by Gasteiger charge is 2.16. The third-order valence-corrected chi connectivity index (χ3v) is 4.19. The molecule has 6 nitrogen and oxygen atoms in total. The van der Waals surface area contributed by atoms with Crippen LogP contribution in [0.2, 0.25) is 0 Å². The second kappa shape index (κ2) is 8.17. The van der Waals surface area contributed by atoms with Crippen LogP contribution in [-0.4, -0.2) is 53.1 Å². The number of aliphatic hydroxyl groups excluding tert-OH is 1. The van der Waals surface area contributed by atoms with E-state index in [9.17, 15) is 5.11 Å². The van der Waals surface area contributed by atoms with Crippen LogP contribution in [0.3, 0.4) is 0 Å². The molecule has 3 rings (SSSR count). The van der Waals surface area contributed by atoms with Crippen LogP contribution in [0.4, 0.5) is 0 Å². The maximum absolute atomic E-state index is 9.29. The van der Waals surface area contributed by atoms with Gasteiger partial charge in [0, 0.05) is 24.2 Å². The lowest BCUT2D eigenvalue weighted by atomic mass is 10.1. The van der Waals surface area contributed by atoms with E-state index in [-0.39, 0.29) is 6.61 Å². The summed E-state index contributed by atoms with van der Waals surface area (Å²) in [5, 5.41) is 16.6. The van der Waals surface area contributed by atoms with Crippen LogP contribution in [0.15, 0.2) is 24.4 Å². The van der Waals surface area contributed by atoms with Gasteiger partial charge in [-0.3, -0.25) is 10.00 Å². The molecule has 1 aliphatic rings. The quantitative estimate of drug-likeness (QED) is 0.777. The lowest BCUT2D eigenvalue weighted by molar-refractivity contribution is 0.171. The highest BCUT2D eigenvalue weighted by Crippen LogP contribution is 2.35. The number of hydrogen-bond acceptors (Lipinski definition) is 5. The van der Waals surface area contributed by atoms with Crippen LogP contribution in [0, 0.1) is 0 Å². The van der Waals surface area contributed by atoms with Crippen molar-refractivity contribution < 1.29 is 14.6 Å². The standard InChI is InChI=1S/C18H25N3O3/c1-2-3-6-21(7-8-22)13-15-12-19-20-18(15)14-4-5-16-17(11-14)24-10-9-23-16/h4-5,11-12,22H,2-3,6-10,13H2,1H3,(H,19,20). The number of fused-ring (bicyclic) bond motifs is 1. The average molecular weight is 331 g/mol. The molecule has 0 atom stereocenters. The predicted octanol–water partition coefficient (Wildman–Crippen LogP) is 2.44. The van der Waals surface area contributed by atoms with Gasteiger partial charge in [0.05, 0.1) is 18.5 Å². The highest BCUT2D eigenvalue weighted by molar-refractivity contribution is 5.66. The molecule has 0 amide bonds. The fraction of sp³-hybridized carbons (Fsp3) is 0.500. The summed E-state index contributed by atoms with van der Waals surface area (Å²) in [4.78, 5) is 2.26. The number of nitrogens with zero attached hydrogens (tertiary/aromatic N) is 2. The molecule has 130 valence electrons. The first kappa shape index (κ1) is 16.8. The van der Waals surface area contributed by atoms with Gasteiger partial charge in [0.25, 0.3) is 0 Å². The van der Waals surface area contributed by atoms with Gasteiger partial charge in [-0.05, 0) is 31.2 Å². The zero-order chi connectivity index (χ0) is 16.8. The third-order valence-electron chi connectivity index (χ3n) is 4.19. The smallest absolute Gasteiger partial charge is 0.162 e. The molecule has 0 saturated heterocycles. The number of aromatic amines is 1. The molecule has 0 bridgehead atoms. The normalized spacial score (nSPS) is 13.5. The van der Waals surface area contributed by atoms with Gasteiger partial charge in [-0.2, -0.15) is 5.10 Å². The van der Waals surface area contributed by atoms with Gasteiger partial charge < -0.3 is 14.6 Å². The van der Waals surface area contributed by atoms with E-state index in [1.165, 1.54) is 0 Å². The Morgan fingerprint density at radius 2 is 2.04 bits per heavy atom. The lowest BCUT2D eigenvalue weighted by Crippen LogP contribution is -2.27. The van der Waals surface area contributed by atoms with Gasteiger partial charge in [0.1, 0.15) is 13.2 Å². The maximum atomic E-state index is 9.29. The maximum Gasteiger partial charge on any atom is 0.162 e. The van der Waals surface area contributed by atoms with Crippen LogP contribution in [0.1, 0.15) is 25.3 Å².